The number of sulfonamides is 1. The monoisotopic (exact) mass is 458 g/mol. The summed E-state index contributed by atoms with van der Waals surface area (Å²) in [5.41, 5.74) is 2.15. The van der Waals surface area contributed by atoms with E-state index < -0.39 is 45.5 Å². The Balaban J connectivity index is 1.45. The SMILES string of the molecule is CNC(=O)C1NOC(CN2C(=O)C3CC(S(=O)(=O)NC4(C)CC4)CCC3N(C)C2=O)N1. The number of nitrogens with zero attached hydrogens (tertiary/aromatic N) is 2. The minimum absolute atomic E-state index is 0.0978. The van der Waals surface area contributed by atoms with Gasteiger partial charge in [-0.05, 0) is 39.0 Å². The van der Waals surface area contributed by atoms with Crippen molar-refractivity contribution in [3.63, 3.8) is 0 Å². The summed E-state index contributed by atoms with van der Waals surface area (Å²) in [5, 5.41) is 4.67. The highest BCUT2D eigenvalue weighted by molar-refractivity contribution is 7.90. The predicted octanol–water partition coefficient (Wildman–Crippen LogP) is -1.59. The lowest BCUT2D eigenvalue weighted by atomic mass is 9.81. The third kappa shape index (κ3) is 4.29. The normalized spacial score (nSPS) is 35.1. The van der Waals surface area contributed by atoms with Crippen LogP contribution in [0.2, 0.25) is 0 Å². The molecule has 2 saturated carbocycles. The van der Waals surface area contributed by atoms with Gasteiger partial charge in [-0.2, -0.15) is 5.48 Å². The molecular weight excluding hydrogens is 428 g/mol. The van der Waals surface area contributed by atoms with Crippen molar-refractivity contribution < 1.29 is 27.6 Å². The third-order valence-corrected chi connectivity index (χ3v) is 8.83. The lowest BCUT2D eigenvalue weighted by Gasteiger charge is -2.47. The largest absolute Gasteiger partial charge is 0.357 e. The number of amides is 4. The molecule has 31 heavy (non-hydrogen) atoms. The number of hydroxylamine groups is 1. The molecule has 0 aromatic rings. The molecule has 174 valence electrons. The van der Waals surface area contributed by atoms with Crippen molar-refractivity contribution in [2.24, 2.45) is 5.92 Å². The van der Waals surface area contributed by atoms with Gasteiger partial charge in [-0.15, -0.1) is 0 Å². The topological polar surface area (TPSA) is 149 Å². The number of carbonyl (C=O) groups is 3. The summed E-state index contributed by atoms with van der Waals surface area (Å²) >= 11 is 0. The Kier molecular flexibility index (Phi) is 5.75. The van der Waals surface area contributed by atoms with Crippen LogP contribution in [-0.4, -0.2) is 85.9 Å². The number of nitrogens with one attached hydrogen (secondary N) is 4. The number of fused-ring (bicyclic) bond motifs is 1. The maximum absolute atomic E-state index is 13.2. The van der Waals surface area contributed by atoms with Gasteiger partial charge in [-0.25, -0.2) is 17.9 Å². The number of urea groups is 1. The van der Waals surface area contributed by atoms with Crippen LogP contribution >= 0.6 is 0 Å². The summed E-state index contributed by atoms with van der Waals surface area (Å²) in [5.74, 6) is -1.35. The average Bonchev–Trinajstić information content (AvgIpc) is 3.26. The Morgan fingerprint density at radius 1 is 1.29 bits per heavy atom. The summed E-state index contributed by atoms with van der Waals surface area (Å²) < 4.78 is 28.5. The zero-order valence-electron chi connectivity index (χ0n) is 17.9. The van der Waals surface area contributed by atoms with E-state index in [2.05, 4.69) is 20.8 Å². The lowest BCUT2D eigenvalue weighted by Crippen LogP contribution is -2.64. The van der Waals surface area contributed by atoms with Crippen molar-refractivity contribution in [2.75, 3.05) is 20.6 Å². The fraction of sp³-hybridized carbons (Fsp3) is 0.833. The molecule has 4 rings (SSSR count). The van der Waals surface area contributed by atoms with Gasteiger partial charge in [0.2, 0.25) is 15.9 Å². The lowest BCUT2D eigenvalue weighted by molar-refractivity contribution is -0.142. The second-order valence-electron chi connectivity index (χ2n) is 9.10. The van der Waals surface area contributed by atoms with Crippen molar-refractivity contribution in [3.8, 4) is 0 Å². The van der Waals surface area contributed by atoms with E-state index in [4.69, 9.17) is 4.84 Å². The highest BCUT2D eigenvalue weighted by atomic mass is 32.2. The average molecular weight is 459 g/mol. The molecule has 13 heteroatoms. The van der Waals surface area contributed by atoms with E-state index in [1.807, 2.05) is 6.92 Å². The standard InChI is InChI=1S/C18H30N6O6S/c1-18(6-7-18)22-31(28,29)10-4-5-12-11(8-10)16(26)24(17(27)23(12)3)9-13-20-14(21-30-13)15(25)19-2/h10-14,20-22H,4-9H2,1-3H3,(H,19,25). The fourth-order valence-corrected chi connectivity index (χ4v) is 6.54. The minimum Gasteiger partial charge on any atom is -0.357 e. The van der Waals surface area contributed by atoms with Gasteiger partial charge in [-0.1, -0.05) is 0 Å². The van der Waals surface area contributed by atoms with E-state index in [9.17, 15) is 22.8 Å². The van der Waals surface area contributed by atoms with Gasteiger partial charge in [0.15, 0.2) is 6.17 Å². The second-order valence-corrected chi connectivity index (χ2v) is 11.1. The molecule has 2 aliphatic carbocycles. The number of carbonyl (C=O) groups excluding carboxylic acids is 3. The predicted molar refractivity (Wildman–Crippen MR) is 108 cm³/mol. The molecule has 2 heterocycles. The van der Waals surface area contributed by atoms with E-state index in [0.29, 0.717) is 12.8 Å². The Bertz CT molecular complexity index is 877. The maximum Gasteiger partial charge on any atom is 0.326 e. The van der Waals surface area contributed by atoms with E-state index >= 15 is 0 Å². The number of rotatable bonds is 6. The molecule has 0 aromatic carbocycles. The molecule has 5 atom stereocenters. The zero-order chi connectivity index (χ0) is 22.6. The van der Waals surface area contributed by atoms with E-state index in [-0.39, 0.29) is 30.5 Å². The number of imide groups is 1. The van der Waals surface area contributed by atoms with Gasteiger partial charge in [-0.3, -0.25) is 24.6 Å². The first kappa shape index (κ1) is 22.4. The first-order valence-corrected chi connectivity index (χ1v) is 12.1. The van der Waals surface area contributed by atoms with E-state index in [0.717, 1.165) is 17.7 Å². The van der Waals surface area contributed by atoms with Crippen LogP contribution in [0.5, 0.6) is 0 Å². The molecule has 0 aromatic heterocycles. The molecule has 4 aliphatic rings. The van der Waals surface area contributed by atoms with Crippen LogP contribution in [-0.2, 0) is 24.4 Å². The van der Waals surface area contributed by atoms with Crippen LogP contribution in [0.4, 0.5) is 4.79 Å². The van der Waals surface area contributed by atoms with Crippen molar-refractivity contribution in [3.05, 3.63) is 0 Å². The smallest absolute Gasteiger partial charge is 0.326 e. The van der Waals surface area contributed by atoms with Gasteiger partial charge >= 0.3 is 6.03 Å². The zero-order valence-corrected chi connectivity index (χ0v) is 18.7. The van der Waals surface area contributed by atoms with Crippen molar-refractivity contribution in [1.29, 1.82) is 0 Å². The van der Waals surface area contributed by atoms with E-state index in [1.54, 1.807) is 7.05 Å². The van der Waals surface area contributed by atoms with Crippen molar-refractivity contribution >= 4 is 27.9 Å². The third-order valence-electron chi connectivity index (χ3n) is 6.74. The molecule has 12 nitrogen and oxygen atoms in total. The molecule has 2 aliphatic heterocycles. The number of hydrogen-bond acceptors (Lipinski definition) is 8. The van der Waals surface area contributed by atoms with Gasteiger partial charge in [0.1, 0.15) is 6.23 Å². The first-order valence-electron chi connectivity index (χ1n) is 10.5. The molecule has 2 saturated heterocycles. The summed E-state index contributed by atoms with van der Waals surface area (Å²) in [6, 6.07) is -0.779. The summed E-state index contributed by atoms with van der Waals surface area (Å²) in [6.45, 7) is 1.78. The molecule has 5 unspecified atom stereocenters. The first-order chi connectivity index (χ1) is 14.5. The molecule has 4 amide bonds. The Hall–Kier alpha value is -1.80. The van der Waals surface area contributed by atoms with Gasteiger partial charge < -0.3 is 10.2 Å². The van der Waals surface area contributed by atoms with E-state index in [1.165, 1.54) is 11.9 Å². The van der Waals surface area contributed by atoms with Crippen LogP contribution in [0.25, 0.3) is 0 Å². The van der Waals surface area contributed by atoms with Crippen molar-refractivity contribution in [2.45, 2.75) is 68.3 Å². The van der Waals surface area contributed by atoms with Gasteiger partial charge in [0.25, 0.3) is 5.91 Å². The van der Waals surface area contributed by atoms with Crippen LogP contribution < -0.4 is 20.8 Å². The highest BCUT2D eigenvalue weighted by Gasteiger charge is 2.51. The van der Waals surface area contributed by atoms with Crippen LogP contribution in [0.15, 0.2) is 0 Å². The Morgan fingerprint density at radius 3 is 2.65 bits per heavy atom. The van der Waals surface area contributed by atoms with Crippen LogP contribution in [0, 0.1) is 5.92 Å². The Labute approximate surface area is 181 Å². The van der Waals surface area contributed by atoms with Crippen LogP contribution in [0.3, 0.4) is 0 Å². The second kappa shape index (κ2) is 7.96. The molecule has 4 fully saturated rings. The summed E-state index contributed by atoms with van der Waals surface area (Å²) in [4.78, 5) is 45.7. The van der Waals surface area contributed by atoms with Crippen molar-refractivity contribution in [1.82, 2.24) is 30.6 Å². The number of likely N-dealkylation sites (N-methyl/N-ethyl adjacent to an activating group) is 1. The maximum atomic E-state index is 13.2. The molecule has 0 bridgehead atoms. The fourth-order valence-electron chi connectivity index (χ4n) is 4.57. The van der Waals surface area contributed by atoms with Crippen LogP contribution in [0.1, 0.15) is 39.0 Å². The molecular formula is C18H30N6O6S. The minimum atomic E-state index is -3.56. The Morgan fingerprint density at radius 2 is 2.00 bits per heavy atom. The highest BCUT2D eigenvalue weighted by Crippen LogP contribution is 2.39. The number of hydrogen-bond donors (Lipinski definition) is 4. The summed E-state index contributed by atoms with van der Waals surface area (Å²) in [6.07, 6.45) is 1.09. The molecule has 0 spiro atoms. The molecule has 4 N–H and O–H groups in total. The quantitative estimate of drug-likeness (QED) is 0.372. The molecule has 0 radical (unpaired) electrons. The van der Waals surface area contributed by atoms with Gasteiger partial charge in [0, 0.05) is 25.7 Å². The van der Waals surface area contributed by atoms with Gasteiger partial charge in [0.05, 0.1) is 17.7 Å². The summed E-state index contributed by atoms with van der Waals surface area (Å²) in [7, 11) is -0.444.